The van der Waals surface area contributed by atoms with Crippen LogP contribution in [0.2, 0.25) is 0 Å². The average Bonchev–Trinajstić information content (AvgIpc) is 2.61. The number of carboxylic acid groups (broad SMARTS) is 2. The summed E-state index contributed by atoms with van der Waals surface area (Å²) in [5.74, 6) is -2.27. The lowest BCUT2D eigenvalue weighted by atomic mass is 9.68. The highest BCUT2D eigenvalue weighted by Gasteiger charge is 2.46. The van der Waals surface area contributed by atoms with Gasteiger partial charge in [0.05, 0.1) is 30.7 Å². The van der Waals surface area contributed by atoms with E-state index in [4.69, 9.17) is 14.6 Å². The van der Waals surface area contributed by atoms with Gasteiger partial charge in [0.2, 0.25) is 0 Å². The summed E-state index contributed by atoms with van der Waals surface area (Å²) < 4.78 is 11.6. The molecule has 1 saturated heterocycles. The molecule has 0 aliphatic carbocycles. The Labute approximate surface area is 166 Å². The minimum absolute atomic E-state index is 0.00986. The Morgan fingerprint density at radius 3 is 2.36 bits per heavy atom. The third kappa shape index (κ3) is 5.11. The molecule has 0 amide bonds. The highest BCUT2D eigenvalue weighted by atomic mass is 16.5. The number of aliphatic carboxylic acids is 2. The van der Waals surface area contributed by atoms with E-state index in [1.807, 2.05) is 45.0 Å². The Kier molecular flexibility index (Phi) is 6.88. The van der Waals surface area contributed by atoms with Gasteiger partial charge in [-0.15, -0.1) is 0 Å². The number of hydrogen-bond donors (Lipinski definition) is 2. The molecule has 1 aromatic rings. The summed E-state index contributed by atoms with van der Waals surface area (Å²) in [6.45, 7) is 10.7. The maximum atomic E-state index is 11.9. The molecular weight excluding hydrogens is 360 g/mol. The molecule has 0 bridgehead atoms. The van der Waals surface area contributed by atoms with Crippen LogP contribution in [0.25, 0.3) is 0 Å². The van der Waals surface area contributed by atoms with E-state index in [1.54, 1.807) is 13.8 Å². The molecule has 0 aromatic heterocycles. The Balaban J connectivity index is 1.98. The molecule has 156 valence electrons. The van der Waals surface area contributed by atoms with Crippen LogP contribution >= 0.6 is 0 Å². The van der Waals surface area contributed by atoms with Gasteiger partial charge in [-0.05, 0) is 42.7 Å². The van der Waals surface area contributed by atoms with Gasteiger partial charge < -0.3 is 19.7 Å². The van der Waals surface area contributed by atoms with Crippen molar-refractivity contribution in [3.63, 3.8) is 0 Å². The van der Waals surface area contributed by atoms with E-state index in [9.17, 15) is 14.7 Å². The van der Waals surface area contributed by atoms with Gasteiger partial charge >= 0.3 is 11.9 Å². The zero-order valence-electron chi connectivity index (χ0n) is 17.4. The highest BCUT2D eigenvalue weighted by molar-refractivity contribution is 5.73. The van der Waals surface area contributed by atoms with Gasteiger partial charge in [0.15, 0.2) is 0 Å². The van der Waals surface area contributed by atoms with Crippen LogP contribution in [0.1, 0.15) is 58.3 Å². The number of benzene rings is 1. The molecule has 1 aromatic carbocycles. The molecular formula is C22H32O6. The molecule has 3 unspecified atom stereocenters. The first kappa shape index (κ1) is 22.4. The van der Waals surface area contributed by atoms with Crippen LogP contribution in [-0.4, -0.2) is 35.4 Å². The zero-order valence-corrected chi connectivity index (χ0v) is 17.4. The third-order valence-electron chi connectivity index (χ3n) is 6.04. The molecule has 1 heterocycles. The zero-order chi connectivity index (χ0) is 21.1. The van der Waals surface area contributed by atoms with Crippen molar-refractivity contribution in [2.45, 2.75) is 53.8 Å². The first-order valence-corrected chi connectivity index (χ1v) is 9.70. The molecule has 6 heteroatoms. The minimum Gasteiger partial charge on any atom is -0.481 e. The largest absolute Gasteiger partial charge is 0.481 e. The van der Waals surface area contributed by atoms with Crippen LogP contribution < -0.4 is 0 Å². The maximum absolute atomic E-state index is 11.9. The summed E-state index contributed by atoms with van der Waals surface area (Å²) in [7, 11) is 0. The summed E-state index contributed by atoms with van der Waals surface area (Å²) in [6.07, 6.45) is -0.0311. The molecule has 1 fully saturated rings. The Morgan fingerprint density at radius 2 is 1.82 bits per heavy atom. The lowest BCUT2D eigenvalue weighted by Crippen LogP contribution is -2.45. The second-order valence-electron chi connectivity index (χ2n) is 9.11. The van der Waals surface area contributed by atoms with Gasteiger partial charge in [-0.25, -0.2) is 0 Å². The van der Waals surface area contributed by atoms with Gasteiger partial charge in [0, 0.05) is 6.61 Å². The van der Waals surface area contributed by atoms with Gasteiger partial charge in [0.25, 0.3) is 0 Å². The standard InChI is InChI=1S/C22H32O6/c1-14-17(19(23)24)18(28-13-22(14,4)5)16-8-6-15(7-9-16)12-27-11-10-21(2,3)20(25)26/h6-9,14,17-18H,10-13H2,1-5H3,(H,23,24)(H,25,26). The quantitative estimate of drug-likeness (QED) is 0.646. The monoisotopic (exact) mass is 392 g/mol. The van der Waals surface area contributed by atoms with E-state index < -0.39 is 29.4 Å². The van der Waals surface area contributed by atoms with Crippen LogP contribution in [0, 0.1) is 22.7 Å². The molecule has 6 nitrogen and oxygen atoms in total. The van der Waals surface area contributed by atoms with Crippen molar-refractivity contribution < 1.29 is 29.3 Å². The predicted octanol–water partition coefficient (Wildman–Crippen LogP) is 4.14. The lowest BCUT2D eigenvalue weighted by molar-refractivity contribution is -0.171. The summed E-state index contributed by atoms with van der Waals surface area (Å²) in [5.41, 5.74) is 0.814. The Hall–Kier alpha value is -1.92. The Bertz CT molecular complexity index is 691. The number of rotatable bonds is 8. The fourth-order valence-electron chi connectivity index (χ4n) is 3.36. The SMILES string of the molecule is CC1C(C(=O)O)C(c2ccc(COCCC(C)(C)C(=O)O)cc2)OCC1(C)C. The molecule has 0 saturated carbocycles. The van der Waals surface area contributed by atoms with Crippen LogP contribution in [0.15, 0.2) is 24.3 Å². The first-order valence-electron chi connectivity index (χ1n) is 9.70. The number of carbonyl (C=O) groups is 2. The van der Waals surface area contributed by atoms with E-state index in [1.165, 1.54) is 0 Å². The molecule has 3 atom stereocenters. The summed E-state index contributed by atoms with van der Waals surface area (Å²) >= 11 is 0. The van der Waals surface area contributed by atoms with Crippen molar-refractivity contribution in [2.24, 2.45) is 22.7 Å². The van der Waals surface area contributed by atoms with Crippen LogP contribution in [0.5, 0.6) is 0 Å². The number of hydrogen-bond acceptors (Lipinski definition) is 4. The molecule has 1 aliphatic rings. The first-order chi connectivity index (χ1) is 13.0. The van der Waals surface area contributed by atoms with Gasteiger partial charge in [-0.3, -0.25) is 9.59 Å². The van der Waals surface area contributed by atoms with E-state index >= 15 is 0 Å². The summed E-state index contributed by atoms with van der Waals surface area (Å²) in [6, 6.07) is 7.60. The van der Waals surface area contributed by atoms with Crippen LogP contribution in [0.4, 0.5) is 0 Å². The number of carboxylic acids is 2. The van der Waals surface area contributed by atoms with Gasteiger partial charge in [0.1, 0.15) is 0 Å². The maximum Gasteiger partial charge on any atom is 0.309 e. The molecule has 28 heavy (non-hydrogen) atoms. The van der Waals surface area contributed by atoms with Crippen molar-refractivity contribution in [3.8, 4) is 0 Å². The van der Waals surface area contributed by atoms with Gasteiger partial charge in [-0.2, -0.15) is 0 Å². The van der Waals surface area contributed by atoms with E-state index in [-0.39, 0.29) is 11.3 Å². The van der Waals surface area contributed by atoms with E-state index in [0.29, 0.717) is 26.2 Å². The summed E-state index contributed by atoms with van der Waals surface area (Å²) in [5, 5.41) is 18.8. The molecule has 1 aliphatic heterocycles. The van der Waals surface area contributed by atoms with E-state index in [2.05, 4.69) is 0 Å². The van der Waals surface area contributed by atoms with Crippen molar-refractivity contribution in [1.82, 2.24) is 0 Å². The highest BCUT2D eigenvalue weighted by Crippen LogP contribution is 2.46. The summed E-state index contributed by atoms with van der Waals surface area (Å²) in [4.78, 5) is 23.0. The predicted molar refractivity (Wildman–Crippen MR) is 105 cm³/mol. The third-order valence-corrected chi connectivity index (χ3v) is 6.04. The van der Waals surface area contributed by atoms with Crippen molar-refractivity contribution in [1.29, 1.82) is 0 Å². The lowest BCUT2D eigenvalue weighted by Gasteiger charge is -2.44. The van der Waals surface area contributed by atoms with Gasteiger partial charge in [-0.1, -0.05) is 45.0 Å². The van der Waals surface area contributed by atoms with E-state index in [0.717, 1.165) is 11.1 Å². The van der Waals surface area contributed by atoms with Crippen molar-refractivity contribution in [2.75, 3.05) is 13.2 Å². The van der Waals surface area contributed by atoms with Crippen molar-refractivity contribution >= 4 is 11.9 Å². The molecule has 0 radical (unpaired) electrons. The molecule has 2 rings (SSSR count). The van der Waals surface area contributed by atoms with Crippen LogP contribution in [0.3, 0.4) is 0 Å². The minimum atomic E-state index is -0.835. The fourth-order valence-corrected chi connectivity index (χ4v) is 3.36. The smallest absolute Gasteiger partial charge is 0.309 e. The topological polar surface area (TPSA) is 93.1 Å². The molecule has 2 N–H and O–H groups in total. The van der Waals surface area contributed by atoms with Crippen LogP contribution in [-0.2, 0) is 25.7 Å². The number of ether oxygens (including phenoxy) is 2. The van der Waals surface area contributed by atoms with Crippen molar-refractivity contribution in [3.05, 3.63) is 35.4 Å². The second kappa shape index (κ2) is 8.62. The fraction of sp³-hybridized carbons (Fsp3) is 0.636. The Morgan fingerprint density at radius 1 is 1.21 bits per heavy atom. The molecule has 0 spiro atoms. The average molecular weight is 392 g/mol. The normalized spacial score (nSPS) is 24.7. The second-order valence-corrected chi connectivity index (χ2v) is 9.11.